The maximum absolute atomic E-state index is 12.9. The molecule has 72 valence electrons. The zero-order valence-corrected chi connectivity index (χ0v) is 7.62. The Morgan fingerprint density at radius 1 is 1.77 bits per heavy atom. The Labute approximate surface area is 75.2 Å². The molecule has 0 aliphatic rings. The minimum Gasteiger partial charge on any atom is -0.381 e. The highest BCUT2D eigenvalue weighted by molar-refractivity contribution is 5.26. The number of hydrogen-bond donors (Lipinski definition) is 1. The lowest BCUT2D eigenvalue weighted by molar-refractivity contribution is 0.482. The molecule has 1 atom stereocenters. The van der Waals surface area contributed by atoms with Gasteiger partial charge in [-0.05, 0) is 13.3 Å². The van der Waals surface area contributed by atoms with Gasteiger partial charge in [0.1, 0.15) is 0 Å². The molecule has 0 fully saturated rings. The van der Waals surface area contributed by atoms with Gasteiger partial charge in [0.25, 0.3) is 0 Å². The van der Waals surface area contributed by atoms with Crippen LogP contribution in [0, 0.1) is 5.82 Å². The van der Waals surface area contributed by atoms with Gasteiger partial charge in [-0.1, -0.05) is 6.92 Å². The molecular formula is C8H12FN3O. The van der Waals surface area contributed by atoms with Crippen molar-refractivity contribution >= 4 is 5.82 Å². The predicted molar refractivity (Wildman–Crippen MR) is 47.9 cm³/mol. The first kappa shape index (κ1) is 9.70. The van der Waals surface area contributed by atoms with Gasteiger partial charge in [0.15, 0.2) is 11.6 Å². The van der Waals surface area contributed by atoms with Crippen LogP contribution in [0.15, 0.2) is 11.0 Å². The Hall–Kier alpha value is -1.39. The molecule has 1 aromatic heterocycles. The minimum absolute atomic E-state index is 0.0601. The van der Waals surface area contributed by atoms with E-state index in [1.807, 2.05) is 13.8 Å². The molecule has 13 heavy (non-hydrogen) atoms. The Balaban J connectivity index is 3.24. The van der Waals surface area contributed by atoms with Crippen molar-refractivity contribution in [2.45, 2.75) is 26.3 Å². The van der Waals surface area contributed by atoms with Crippen LogP contribution in [0.25, 0.3) is 0 Å². The summed E-state index contributed by atoms with van der Waals surface area (Å²) in [6.45, 7) is 3.73. The van der Waals surface area contributed by atoms with Gasteiger partial charge in [0, 0.05) is 12.2 Å². The monoisotopic (exact) mass is 185 g/mol. The van der Waals surface area contributed by atoms with Crippen LogP contribution in [-0.4, -0.2) is 9.55 Å². The van der Waals surface area contributed by atoms with Crippen molar-refractivity contribution in [1.29, 1.82) is 0 Å². The highest BCUT2D eigenvalue weighted by Crippen LogP contribution is 2.09. The normalized spacial score (nSPS) is 12.8. The van der Waals surface area contributed by atoms with Gasteiger partial charge in [0.2, 0.25) is 0 Å². The van der Waals surface area contributed by atoms with Crippen LogP contribution in [0.2, 0.25) is 0 Å². The number of nitrogens with two attached hydrogens (primary N) is 1. The van der Waals surface area contributed by atoms with Crippen molar-refractivity contribution in [3.63, 3.8) is 0 Å². The van der Waals surface area contributed by atoms with Crippen LogP contribution in [-0.2, 0) is 0 Å². The van der Waals surface area contributed by atoms with Crippen molar-refractivity contribution in [3.8, 4) is 0 Å². The Morgan fingerprint density at radius 3 is 2.92 bits per heavy atom. The number of hydrogen-bond acceptors (Lipinski definition) is 3. The summed E-state index contributed by atoms with van der Waals surface area (Å²) in [4.78, 5) is 14.6. The van der Waals surface area contributed by atoms with Gasteiger partial charge in [-0.3, -0.25) is 4.57 Å². The van der Waals surface area contributed by atoms with E-state index >= 15 is 0 Å². The number of halogens is 1. The molecule has 5 heteroatoms. The summed E-state index contributed by atoms with van der Waals surface area (Å²) in [6.07, 6.45) is 1.84. The molecule has 4 nitrogen and oxygen atoms in total. The maximum atomic E-state index is 12.9. The third-order valence-electron chi connectivity index (χ3n) is 2.00. The fraction of sp³-hybridized carbons (Fsp3) is 0.500. The van der Waals surface area contributed by atoms with Gasteiger partial charge < -0.3 is 5.73 Å². The van der Waals surface area contributed by atoms with E-state index in [2.05, 4.69) is 4.98 Å². The first-order chi connectivity index (χ1) is 6.06. The second kappa shape index (κ2) is 3.55. The second-order valence-corrected chi connectivity index (χ2v) is 2.92. The van der Waals surface area contributed by atoms with Gasteiger partial charge in [-0.25, -0.2) is 9.18 Å². The molecule has 1 heterocycles. The first-order valence-corrected chi connectivity index (χ1v) is 4.10. The number of nitrogens with zero attached hydrogens (tertiary/aromatic N) is 2. The van der Waals surface area contributed by atoms with Gasteiger partial charge in [-0.15, -0.1) is 0 Å². The van der Waals surface area contributed by atoms with E-state index in [1.54, 1.807) is 0 Å². The van der Waals surface area contributed by atoms with Crippen molar-refractivity contribution in [2.75, 3.05) is 5.73 Å². The molecule has 0 amide bonds. The van der Waals surface area contributed by atoms with Crippen LogP contribution in [0.4, 0.5) is 10.2 Å². The summed E-state index contributed by atoms with van der Waals surface area (Å²) in [5.41, 5.74) is 4.63. The van der Waals surface area contributed by atoms with Gasteiger partial charge in [-0.2, -0.15) is 4.98 Å². The summed E-state index contributed by atoms with van der Waals surface area (Å²) in [5, 5.41) is 0. The molecule has 1 rings (SSSR count). The van der Waals surface area contributed by atoms with Crippen LogP contribution in [0.3, 0.4) is 0 Å². The van der Waals surface area contributed by atoms with E-state index in [0.29, 0.717) is 0 Å². The molecule has 0 aromatic carbocycles. The molecule has 1 unspecified atom stereocenters. The fourth-order valence-electron chi connectivity index (χ4n) is 0.970. The predicted octanol–water partition coefficient (Wildman–Crippen LogP) is 0.936. The highest BCUT2D eigenvalue weighted by atomic mass is 19.1. The third kappa shape index (κ3) is 1.85. The molecule has 1 aromatic rings. The van der Waals surface area contributed by atoms with Crippen LogP contribution >= 0.6 is 0 Å². The standard InChI is InChI=1S/C8H12FN3O/c1-3-5(2)12-4-6(9)7(10)11-8(12)13/h4-5H,3H2,1-2H3,(H2,10,11,13). The van der Waals surface area contributed by atoms with Crippen molar-refractivity contribution in [3.05, 3.63) is 22.5 Å². The molecule has 0 spiro atoms. The summed E-state index contributed by atoms with van der Waals surface area (Å²) in [6, 6.07) is -0.0601. The van der Waals surface area contributed by atoms with E-state index in [0.717, 1.165) is 12.6 Å². The van der Waals surface area contributed by atoms with Crippen LogP contribution in [0.5, 0.6) is 0 Å². The van der Waals surface area contributed by atoms with Gasteiger partial charge in [0.05, 0.1) is 0 Å². The molecule has 0 aliphatic carbocycles. The molecule has 0 aliphatic heterocycles. The number of anilines is 1. The van der Waals surface area contributed by atoms with Crippen LogP contribution < -0.4 is 11.4 Å². The quantitative estimate of drug-likeness (QED) is 0.745. The Kier molecular flexibility index (Phi) is 2.65. The van der Waals surface area contributed by atoms with E-state index in [1.165, 1.54) is 4.57 Å². The van der Waals surface area contributed by atoms with Crippen molar-refractivity contribution in [2.24, 2.45) is 0 Å². The van der Waals surface area contributed by atoms with Crippen molar-refractivity contribution < 1.29 is 4.39 Å². The Bertz CT molecular complexity index is 361. The zero-order valence-electron chi connectivity index (χ0n) is 7.62. The lowest BCUT2D eigenvalue weighted by atomic mass is 10.2. The molecule has 0 saturated carbocycles. The molecular weight excluding hydrogens is 173 g/mol. The van der Waals surface area contributed by atoms with E-state index in [4.69, 9.17) is 5.73 Å². The van der Waals surface area contributed by atoms with E-state index in [-0.39, 0.29) is 11.9 Å². The average molecular weight is 185 g/mol. The lowest BCUT2D eigenvalue weighted by Gasteiger charge is -2.11. The van der Waals surface area contributed by atoms with Crippen LogP contribution in [0.1, 0.15) is 26.3 Å². The minimum atomic E-state index is -0.653. The van der Waals surface area contributed by atoms with Gasteiger partial charge >= 0.3 is 5.69 Å². The lowest BCUT2D eigenvalue weighted by Crippen LogP contribution is -2.26. The molecule has 0 saturated heterocycles. The Morgan fingerprint density at radius 2 is 2.38 bits per heavy atom. The topological polar surface area (TPSA) is 60.9 Å². The highest BCUT2D eigenvalue weighted by Gasteiger charge is 2.08. The summed E-state index contributed by atoms with van der Waals surface area (Å²) in [5.74, 6) is -0.996. The number of rotatable bonds is 2. The average Bonchev–Trinajstić information content (AvgIpc) is 2.10. The van der Waals surface area contributed by atoms with Crippen molar-refractivity contribution in [1.82, 2.24) is 9.55 Å². The molecule has 2 N–H and O–H groups in total. The van der Waals surface area contributed by atoms with E-state index < -0.39 is 11.5 Å². The zero-order chi connectivity index (χ0) is 10.0. The SMILES string of the molecule is CCC(C)n1cc(F)c(N)nc1=O. The summed E-state index contributed by atoms with van der Waals surface area (Å²) in [7, 11) is 0. The fourth-order valence-corrected chi connectivity index (χ4v) is 0.970. The third-order valence-corrected chi connectivity index (χ3v) is 2.00. The number of aromatic nitrogens is 2. The second-order valence-electron chi connectivity index (χ2n) is 2.92. The maximum Gasteiger partial charge on any atom is 0.349 e. The molecule has 0 bridgehead atoms. The smallest absolute Gasteiger partial charge is 0.349 e. The largest absolute Gasteiger partial charge is 0.381 e. The van der Waals surface area contributed by atoms with E-state index in [9.17, 15) is 9.18 Å². The summed E-state index contributed by atoms with van der Waals surface area (Å²) < 4.78 is 14.2. The number of nitrogen functional groups attached to an aromatic ring is 1. The molecule has 0 radical (unpaired) electrons. The summed E-state index contributed by atoms with van der Waals surface area (Å²) >= 11 is 0. The first-order valence-electron chi connectivity index (χ1n) is 4.10.